The van der Waals surface area contributed by atoms with Crippen molar-refractivity contribution in [1.82, 2.24) is 10.0 Å². The topological polar surface area (TPSA) is 84.5 Å². The summed E-state index contributed by atoms with van der Waals surface area (Å²) in [6.07, 6.45) is 2.32. The molecule has 7 heteroatoms. The molecule has 0 spiro atoms. The molecule has 0 amide bonds. The van der Waals surface area contributed by atoms with Crippen LogP contribution in [0.3, 0.4) is 0 Å². The van der Waals surface area contributed by atoms with Crippen molar-refractivity contribution >= 4 is 16.0 Å². The smallest absolute Gasteiger partial charge is 0.322 e. The van der Waals surface area contributed by atoms with E-state index in [0.29, 0.717) is 19.1 Å². The van der Waals surface area contributed by atoms with Gasteiger partial charge in [0.05, 0.1) is 7.11 Å². The zero-order valence-electron chi connectivity index (χ0n) is 8.65. The van der Waals surface area contributed by atoms with Crippen molar-refractivity contribution in [3.8, 4) is 0 Å². The molecule has 6 nitrogen and oxygen atoms in total. The second-order valence-electron chi connectivity index (χ2n) is 3.46. The summed E-state index contributed by atoms with van der Waals surface area (Å²) in [6.45, 7) is 0.890. The van der Waals surface area contributed by atoms with E-state index in [1.165, 1.54) is 0 Å². The number of hydrogen-bond donors (Lipinski definition) is 2. The van der Waals surface area contributed by atoms with Gasteiger partial charge in [0.2, 0.25) is 10.0 Å². The fraction of sp³-hybridized carbons (Fsp3) is 0.875. The van der Waals surface area contributed by atoms with Crippen LogP contribution in [0.5, 0.6) is 0 Å². The number of sulfonamides is 1. The lowest BCUT2D eigenvalue weighted by Crippen LogP contribution is -2.36. The number of carbonyl (C=O) groups excluding carboxylic acids is 1. The third-order valence-electron chi connectivity index (χ3n) is 1.99. The highest BCUT2D eigenvalue weighted by atomic mass is 32.2. The van der Waals surface area contributed by atoms with Gasteiger partial charge in [-0.25, -0.2) is 13.1 Å². The first-order valence-electron chi connectivity index (χ1n) is 4.81. The molecule has 0 aromatic carbocycles. The lowest BCUT2D eigenvalue weighted by Gasteiger charge is -2.05. The molecule has 0 radical (unpaired) electrons. The Hall–Kier alpha value is -0.660. The van der Waals surface area contributed by atoms with Crippen molar-refractivity contribution in [2.75, 3.05) is 26.0 Å². The molecule has 88 valence electrons. The van der Waals surface area contributed by atoms with E-state index in [-0.39, 0.29) is 0 Å². The van der Waals surface area contributed by atoms with Crippen molar-refractivity contribution in [3.05, 3.63) is 0 Å². The molecule has 2 N–H and O–H groups in total. The van der Waals surface area contributed by atoms with Crippen molar-refractivity contribution in [1.29, 1.82) is 0 Å². The molecule has 0 aromatic heterocycles. The molecule has 0 aromatic rings. The van der Waals surface area contributed by atoms with Crippen molar-refractivity contribution in [2.45, 2.75) is 18.9 Å². The predicted octanol–water partition coefficient (Wildman–Crippen LogP) is -1.17. The first-order chi connectivity index (χ1) is 7.03. The fourth-order valence-corrected chi connectivity index (χ4v) is 1.98. The molecule has 1 rings (SSSR count). The molecular formula is C8H16N2O4S. The number of nitrogens with one attached hydrogen (secondary N) is 2. The summed E-state index contributed by atoms with van der Waals surface area (Å²) in [4.78, 5) is 10.7. The molecule has 1 aliphatic rings. The van der Waals surface area contributed by atoms with Gasteiger partial charge < -0.3 is 10.1 Å². The highest BCUT2D eigenvalue weighted by Gasteiger charge is 2.20. The maximum absolute atomic E-state index is 11.2. The van der Waals surface area contributed by atoms with Crippen LogP contribution in [-0.4, -0.2) is 46.4 Å². The summed E-state index contributed by atoms with van der Waals surface area (Å²) < 4.78 is 29.0. The lowest BCUT2D eigenvalue weighted by molar-refractivity contribution is -0.137. The first-order valence-corrected chi connectivity index (χ1v) is 6.46. The van der Waals surface area contributed by atoms with Gasteiger partial charge in [0, 0.05) is 19.1 Å². The highest BCUT2D eigenvalue weighted by molar-refractivity contribution is 7.90. The molecule has 0 saturated heterocycles. The molecule has 0 unspecified atom stereocenters. The SMILES string of the molecule is COC(=O)CS(=O)(=O)NCCNC1CC1. The van der Waals surface area contributed by atoms with Gasteiger partial charge in [-0.3, -0.25) is 4.79 Å². The summed E-state index contributed by atoms with van der Waals surface area (Å²) in [5.41, 5.74) is 0. The van der Waals surface area contributed by atoms with Crippen LogP contribution in [0.4, 0.5) is 0 Å². The molecular weight excluding hydrogens is 220 g/mol. The number of hydrogen-bond acceptors (Lipinski definition) is 5. The Morgan fingerprint density at radius 3 is 2.60 bits per heavy atom. The standard InChI is InChI=1S/C8H16N2O4S/c1-14-8(11)6-15(12,13)10-5-4-9-7-2-3-7/h7,9-10H,2-6H2,1H3. The molecule has 1 saturated carbocycles. The van der Waals surface area contributed by atoms with Crippen molar-refractivity contribution in [2.24, 2.45) is 0 Å². The van der Waals surface area contributed by atoms with Crippen LogP contribution in [-0.2, 0) is 19.6 Å². The van der Waals surface area contributed by atoms with Gasteiger partial charge in [-0.15, -0.1) is 0 Å². The average Bonchev–Trinajstić information content (AvgIpc) is 2.95. The largest absolute Gasteiger partial charge is 0.468 e. The summed E-state index contributed by atoms with van der Waals surface area (Å²) in [7, 11) is -2.38. The molecule has 0 aliphatic heterocycles. The third-order valence-corrected chi connectivity index (χ3v) is 3.25. The molecule has 1 aliphatic carbocycles. The Morgan fingerprint density at radius 1 is 1.40 bits per heavy atom. The Labute approximate surface area is 89.4 Å². The summed E-state index contributed by atoms with van der Waals surface area (Å²) in [5, 5.41) is 3.15. The number of carbonyl (C=O) groups is 1. The van der Waals surface area contributed by atoms with Crippen molar-refractivity contribution < 1.29 is 17.9 Å². The summed E-state index contributed by atoms with van der Waals surface area (Å²) >= 11 is 0. The minimum atomic E-state index is -3.53. The van der Waals surface area contributed by atoms with Crippen LogP contribution in [0.1, 0.15) is 12.8 Å². The van der Waals surface area contributed by atoms with E-state index in [1.807, 2.05) is 0 Å². The van der Waals surface area contributed by atoms with Gasteiger partial charge in [0.1, 0.15) is 0 Å². The number of rotatable bonds is 7. The van der Waals surface area contributed by atoms with Gasteiger partial charge in [0.15, 0.2) is 5.75 Å². The second-order valence-corrected chi connectivity index (χ2v) is 5.26. The first kappa shape index (κ1) is 12.4. The zero-order chi connectivity index (χ0) is 11.3. The number of ether oxygens (including phenoxy) is 1. The number of esters is 1. The highest BCUT2D eigenvalue weighted by Crippen LogP contribution is 2.17. The molecule has 0 bridgehead atoms. The minimum absolute atomic E-state index is 0.301. The van der Waals surface area contributed by atoms with E-state index >= 15 is 0 Å². The van der Waals surface area contributed by atoms with Gasteiger partial charge in [-0.2, -0.15) is 0 Å². The molecule has 0 heterocycles. The van der Waals surface area contributed by atoms with E-state index in [4.69, 9.17) is 0 Å². The van der Waals surface area contributed by atoms with E-state index < -0.39 is 21.7 Å². The number of methoxy groups -OCH3 is 1. The predicted molar refractivity (Wildman–Crippen MR) is 54.8 cm³/mol. The molecule has 0 atom stereocenters. The lowest BCUT2D eigenvalue weighted by atomic mass is 10.6. The van der Waals surface area contributed by atoms with Crippen LogP contribution in [0.25, 0.3) is 0 Å². The van der Waals surface area contributed by atoms with Crippen LogP contribution < -0.4 is 10.0 Å². The van der Waals surface area contributed by atoms with E-state index in [2.05, 4.69) is 14.8 Å². The maximum atomic E-state index is 11.2. The Kier molecular flexibility index (Phi) is 4.49. The van der Waals surface area contributed by atoms with Crippen LogP contribution in [0, 0.1) is 0 Å². The summed E-state index contributed by atoms with van der Waals surface area (Å²) in [6, 6.07) is 0.551. The zero-order valence-corrected chi connectivity index (χ0v) is 9.47. The van der Waals surface area contributed by atoms with Gasteiger partial charge in [-0.05, 0) is 12.8 Å². The average molecular weight is 236 g/mol. The Bertz CT molecular complexity index is 311. The van der Waals surface area contributed by atoms with Crippen molar-refractivity contribution in [3.63, 3.8) is 0 Å². The quantitative estimate of drug-likeness (QED) is 0.430. The van der Waals surface area contributed by atoms with Crippen LogP contribution >= 0.6 is 0 Å². The minimum Gasteiger partial charge on any atom is -0.468 e. The van der Waals surface area contributed by atoms with Crippen LogP contribution in [0.2, 0.25) is 0 Å². The van der Waals surface area contributed by atoms with Crippen LogP contribution in [0.15, 0.2) is 0 Å². The van der Waals surface area contributed by atoms with E-state index in [0.717, 1.165) is 20.0 Å². The second kappa shape index (κ2) is 5.43. The van der Waals surface area contributed by atoms with Gasteiger partial charge >= 0.3 is 5.97 Å². The van der Waals surface area contributed by atoms with Gasteiger partial charge in [-0.1, -0.05) is 0 Å². The van der Waals surface area contributed by atoms with E-state index in [1.54, 1.807) is 0 Å². The molecule has 15 heavy (non-hydrogen) atoms. The van der Waals surface area contributed by atoms with E-state index in [9.17, 15) is 13.2 Å². The normalized spacial score (nSPS) is 16.3. The third kappa shape index (κ3) is 5.71. The Morgan fingerprint density at radius 2 is 2.07 bits per heavy atom. The fourth-order valence-electron chi connectivity index (χ4n) is 1.04. The Balaban J connectivity index is 2.13. The monoisotopic (exact) mass is 236 g/mol. The molecule has 1 fully saturated rings. The van der Waals surface area contributed by atoms with Gasteiger partial charge in [0.25, 0.3) is 0 Å². The maximum Gasteiger partial charge on any atom is 0.322 e. The summed E-state index contributed by atoms with van der Waals surface area (Å²) in [5.74, 6) is -1.37.